The lowest BCUT2D eigenvalue weighted by Gasteiger charge is -2.14. The van der Waals surface area contributed by atoms with E-state index in [1.807, 2.05) is 54.6 Å². The normalized spacial score (nSPS) is 15.1. The Morgan fingerprint density at radius 1 is 0.970 bits per heavy atom. The number of fused-ring (bicyclic) bond motifs is 1. The molecule has 1 aliphatic heterocycles. The smallest absolute Gasteiger partial charge is 0.293 e. The molecule has 2 amide bonds. The Hall–Kier alpha value is -3.48. The molecule has 4 aromatic rings. The number of thioether (sulfide) groups is 1. The Morgan fingerprint density at radius 3 is 2.67 bits per heavy atom. The van der Waals surface area contributed by atoms with E-state index in [-0.39, 0.29) is 24.3 Å². The van der Waals surface area contributed by atoms with Crippen LogP contribution in [0, 0.1) is 0 Å². The molecule has 0 radical (unpaired) electrons. The average molecular weight is 476 g/mol. The summed E-state index contributed by atoms with van der Waals surface area (Å²) in [7, 11) is 0. The van der Waals surface area contributed by atoms with Crippen molar-refractivity contribution in [3.63, 3.8) is 0 Å². The summed E-state index contributed by atoms with van der Waals surface area (Å²) in [4.78, 5) is 26.7. The van der Waals surface area contributed by atoms with Gasteiger partial charge in [0, 0.05) is 22.0 Å². The minimum absolute atomic E-state index is 0.164. The van der Waals surface area contributed by atoms with Crippen molar-refractivity contribution in [2.75, 3.05) is 13.2 Å². The van der Waals surface area contributed by atoms with Crippen molar-refractivity contribution in [1.82, 2.24) is 4.90 Å². The molecule has 0 atom stereocenters. The van der Waals surface area contributed by atoms with Gasteiger partial charge in [0.05, 0.1) is 11.4 Å². The van der Waals surface area contributed by atoms with E-state index in [0.29, 0.717) is 21.4 Å². The van der Waals surface area contributed by atoms with Crippen LogP contribution in [0.2, 0.25) is 5.02 Å². The molecule has 164 valence electrons. The molecule has 0 unspecified atom stereocenters. The standard InChI is InChI=1S/C26H18ClNO4S/c27-19-8-3-7-18(15-19)22-12-11-20(32-22)16-24-25(29)28(26(30)33-24)13-14-31-23-10-4-6-17-5-1-2-9-21(17)23/h1-12,15-16H,13-14H2/b24-16-. The number of furan rings is 1. The van der Waals surface area contributed by atoms with Crippen LogP contribution >= 0.6 is 23.4 Å². The Bertz CT molecular complexity index is 1390. The number of carbonyl (C=O) groups is 2. The predicted octanol–water partition coefficient (Wildman–Crippen LogP) is 6.87. The molecule has 1 fully saturated rings. The molecular formula is C26H18ClNO4S. The van der Waals surface area contributed by atoms with Crippen molar-refractivity contribution in [3.05, 3.63) is 94.6 Å². The second-order valence-corrected chi connectivity index (χ2v) is 8.80. The number of nitrogens with zero attached hydrogens (tertiary/aromatic N) is 1. The van der Waals surface area contributed by atoms with Crippen LogP contribution in [0.1, 0.15) is 5.76 Å². The number of benzene rings is 3. The number of amides is 2. The minimum Gasteiger partial charge on any atom is -0.491 e. The van der Waals surface area contributed by atoms with Crippen molar-refractivity contribution in [1.29, 1.82) is 0 Å². The zero-order valence-corrected chi connectivity index (χ0v) is 18.9. The first-order valence-corrected chi connectivity index (χ1v) is 11.5. The fraction of sp³-hybridized carbons (Fsp3) is 0.0769. The first-order chi connectivity index (χ1) is 16.1. The lowest BCUT2D eigenvalue weighted by molar-refractivity contribution is -0.123. The minimum atomic E-state index is -0.354. The highest BCUT2D eigenvalue weighted by molar-refractivity contribution is 8.18. The number of hydrogen-bond acceptors (Lipinski definition) is 5. The maximum atomic E-state index is 12.8. The summed E-state index contributed by atoms with van der Waals surface area (Å²) in [6.45, 7) is 0.371. The van der Waals surface area contributed by atoms with Crippen molar-refractivity contribution in [2.45, 2.75) is 0 Å². The largest absolute Gasteiger partial charge is 0.491 e. The van der Waals surface area contributed by atoms with E-state index in [9.17, 15) is 9.59 Å². The van der Waals surface area contributed by atoms with Gasteiger partial charge in [0.1, 0.15) is 23.9 Å². The first-order valence-electron chi connectivity index (χ1n) is 10.3. The molecule has 0 bridgehead atoms. The molecule has 5 rings (SSSR count). The fourth-order valence-corrected chi connectivity index (χ4v) is 4.65. The molecule has 0 aliphatic carbocycles. The maximum Gasteiger partial charge on any atom is 0.293 e. The van der Waals surface area contributed by atoms with Crippen LogP contribution in [0.4, 0.5) is 4.79 Å². The van der Waals surface area contributed by atoms with Crippen LogP contribution in [0.3, 0.4) is 0 Å². The maximum absolute atomic E-state index is 12.8. The van der Waals surface area contributed by atoms with Gasteiger partial charge in [-0.25, -0.2) is 0 Å². The third-order valence-corrected chi connectivity index (χ3v) is 6.35. The van der Waals surface area contributed by atoms with E-state index >= 15 is 0 Å². The summed E-state index contributed by atoms with van der Waals surface area (Å²) in [6, 6.07) is 24.6. The van der Waals surface area contributed by atoms with E-state index < -0.39 is 0 Å². The molecule has 7 heteroatoms. The Morgan fingerprint density at radius 2 is 1.79 bits per heavy atom. The van der Waals surface area contributed by atoms with Crippen LogP contribution in [0.25, 0.3) is 28.2 Å². The zero-order valence-electron chi connectivity index (χ0n) is 17.4. The highest BCUT2D eigenvalue weighted by Crippen LogP contribution is 2.34. The van der Waals surface area contributed by atoms with E-state index in [4.69, 9.17) is 20.8 Å². The van der Waals surface area contributed by atoms with Gasteiger partial charge in [-0.05, 0) is 47.5 Å². The van der Waals surface area contributed by atoms with Crippen molar-refractivity contribution in [2.24, 2.45) is 0 Å². The van der Waals surface area contributed by atoms with E-state index in [0.717, 1.165) is 33.8 Å². The van der Waals surface area contributed by atoms with E-state index in [1.165, 1.54) is 4.90 Å². The lowest BCUT2D eigenvalue weighted by Crippen LogP contribution is -2.32. The van der Waals surface area contributed by atoms with Gasteiger partial charge in [0.25, 0.3) is 11.1 Å². The summed E-state index contributed by atoms with van der Waals surface area (Å²) < 4.78 is 11.7. The van der Waals surface area contributed by atoms with Gasteiger partial charge in [0.15, 0.2) is 0 Å². The molecule has 1 aromatic heterocycles. The second kappa shape index (κ2) is 9.17. The number of halogens is 1. The van der Waals surface area contributed by atoms with Gasteiger partial charge in [-0.3, -0.25) is 14.5 Å². The Kier molecular flexibility index (Phi) is 5.94. The Balaban J connectivity index is 1.26. The SMILES string of the molecule is O=C1S/C(=C\c2ccc(-c3cccc(Cl)c3)o2)C(=O)N1CCOc1cccc2ccccc12. The fourth-order valence-electron chi connectivity index (χ4n) is 3.62. The third-order valence-electron chi connectivity index (χ3n) is 5.20. The highest BCUT2D eigenvalue weighted by Gasteiger charge is 2.35. The molecule has 3 aromatic carbocycles. The number of carbonyl (C=O) groups excluding carboxylic acids is 2. The van der Waals surface area contributed by atoms with Gasteiger partial charge >= 0.3 is 0 Å². The highest BCUT2D eigenvalue weighted by atomic mass is 35.5. The van der Waals surface area contributed by atoms with Crippen molar-refractivity contribution >= 4 is 51.4 Å². The van der Waals surface area contributed by atoms with Crippen LogP contribution in [-0.2, 0) is 4.79 Å². The van der Waals surface area contributed by atoms with Gasteiger partial charge in [-0.1, -0.05) is 60.1 Å². The number of rotatable bonds is 6. The van der Waals surface area contributed by atoms with Gasteiger partial charge in [-0.15, -0.1) is 0 Å². The van der Waals surface area contributed by atoms with Crippen LogP contribution in [0.15, 0.2) is 88.2 Å². The second-order valence-electron chi connectivity index (χ2n) is 7.37. The summed E-state index contributed by atoms with van der Waals surface area (Å²) in [5.74, 6) is 1.49. The molecule has 1 aliphatic rings. The molecule has 33 heavy (non-hydrogen) atoms. The number of ether oxygens (including phenoxy) is 1. The summed E-state index contributed by atoms with van der Waals surface area (Å²) in [6.07, 6.45) is 1.59. The third kappa shape index (κ3) is 4.53. The molecule has 0 saturated carbocycles. The molecule has 0 N–H and O–H groups in total. The monoisotopic (exact) mass is 475 g/mol. The number of imide groups is 1. The van der Waals surface area contributed by atoms with Gasteiger partial charge in [-0.2, -0.15) is 0 Å². The molecule has 5 nitrogen and oxygen atoms in total. The Labute approximate surface area is 199 Å². The average Bonchev–Trinajstić information content (AvgIpc) is 3.39. The summed E-state index contributed by atoms with van der Waals surface area (Å²) in [5, 5.41) is 2.34. The van der Waals surface area contributed by atoms with Crippen LogP contribution in [-0.4, -0.2) is 29.2 Å². The van der Waals surface area contributed by atoms with Crippen LogP contribution < -0.4 is 4.74 Å². The van der Waals surface area contributed by atoms with E-state index in [1.54, 1.807) is 30.3 Å². The lowest BCUT2D eigenvalue weighted by atomic mass is 10.1. The molecule has 1 saturated heterocycles. The van der Waals surface area contributed by atoms with E-state index in [2.05, 4.69) is 0 Å². The molecular weight excluding hydrogens is 458 g/mol. The number of hydrogen-bond donors (Lipinski definition) is 0. The zero-order chi connectivity index (χ0) is 22.8. The molecule has 2 heterocycles. The van der Waals surface area contributed by atoms with Crippen molar-refractivity contribution in [3.8, 4) is 17.1 Å². The summed E-state index contributed by atoms with van der Waals surface area (Å²) >= 11 is 6.94. The van der Waals surface area contributed by atoms with Crippen LogP contribution in [0.5, 0.6) is 5.75 Å². The van der Waals surface area contributed by atoms with Crippen molar-refractivity contribution < 1.29 is 18.7 Å². The summed E-state index contributed by atoms with van der Waals surface area (Å²) in [5.41, 5.74) is 0.834. The molecule has 0 spiro atoms. The first kappa shape index (κ1) is 21.4. The van der Waals surface area contributed by atoms with Gasteiger partial charge < -0.3 is 9.15 Å². The topological polar surface area (TPSA) is 59.8 Å². The quantitative estimate of drug-likeness (QED) is 0.285. The van der Waals surface area contributed by atoms with Gasteiger partial charge in [0.2, 0.25) is 0 Å². The predicted molar refractivity (Wildman–Crippen MR) is 131 cm³/mol.